The molecule has 4 nitrogen and oxygen atoms in total. The number of carbonyl (C=O) groups excluding carboxylic acids is 1. The number of amides is 1. The van der Waals surface area contributed by atoms with Crippen molar-refractivity contribution in [1.29, 1.82) is 5.26 Å². The number of hydrogen-bond donors (Lipinski definition) is 1. The van der Waals surface area contributed by atoms with E-state index in [-0.39, 0.29) is 5.56 Å². The molecule has 0 aliphatic rings. The van der Waals surface area contributed by atoms with E-state index in [0.717, 1.165) is 6.07 Å². The van der Waals surface area contributed by atoms with Crippen LogP contribution in [0.1, 0.15) is 15.9 Å². The Morgan fingerprint density at radius 2 is 2.00 bits per heavy atom. The highest BCUT2D eigenvalue weighted by Crippen LogP contribution is 2.11. The van der Waals surface area contributed by atoms with E-state index in [9.17, 15) is 9.18 Å². The fraction of sp³-hybridized carbons (Fsp3) is 0. The number of carbonyl (C=O) groups is 1. The molecule has 0 bridgehead atoms. The molecule has 0 aliphatic carbocycles. The van der Waals surface area contributed by atoms with Crippen LogP contribution < -0.4 is 5.32 Å². The molecule has 5 heteroatoms. The molecule has 0 spiro atoms. The number of halogens is 1. The van der Waals surface area contributed by atoms with Gasteiger partial charge < -0.3 is 5.32 Å². The molecule has 0 saturated heterocycles. The van der Waals surface area contributed by atoms with Gasteiger partial charge in [0.05, 0.1) is 11.6 Å². The monoisotopic (exact) mass is 241 g/mol. The van der Waals surface area contributed by atoms with E-state index in [1.807, 2.05) is 6.07 Å². The molecule has 2 rings (SSSR count). The third-order valence-electron chi connectivity index (χ3n) is 2.26. The van der Waals surface area contributed by atoms with Gasteiger partial charge in [-0.3, -0.25) is 4.79 Å². The zero-order valence-corrected chi connectivity index (χ0v) is 9.22. The Bertz CT molecular complexity index is 617. The van der Waals surface area contributed by atoms with Gasteiger partial charge in [-0.1, -0.05) is 0 Å². The Kier molecular flexibility index (Phi) is 3.30. The zero-order chi connectivity index (χ0) is 13.0. The summed E-state index contributed by atoms with van der Waals surface area (Å²) in [6.07, 6.45) is 1.23. The Morgan fingerprint density at radius 1 is 1.28 bits per heavy atom. The summed E-state index contributed by atoms with van der Waals surface area (Å²) in [6.45, 7) is 0. The van der Waals surface area contributed by atoms with Crippen LogP contribution in [0.3, 0.4) is 0 Å². The largest absolute Gasteiger partial charge is 0.322 e. The maximum absolute atomic E-state index is 12.8. The summed E-state index contributed by atoms with van der Waals surface area (Å²) in [6, 6.07) is 10.8. The fourth-order valence-corrected chi connectivity index (χ4v) is 1.38. The maximum Gasteiger partial charge on any atom is 0.255 e. The van der Waals surface area contributed by atoms with Crippen LogP contribution >= 0.6 is 0 Å². The molecule has 1 aromatic heterocycles. The lowest BCUT2D eigenvalue weighted by Gasteiger charge is -2.04. The first-order valence-electron chi connectivity index (χ1n) is 5.12. The van der Waals surface area contributed by atoms with Crippen molar-refractivity contribution >= 4 is 11.6 Å². The average Bonchev–Trinajstić information content (AvgIpc) is 2.39. The number of pyridine rings is 1. The van der Waals surface area contributed by atoms with Crippen LogP contribution in [-0.2, 0) is 0 Å². The minimum Gasteiger partial charge on any atom is -0.322 e. The summed E-state index contributed by atoms with van der Waals surface area (Å²) >= 11 is 0. The normalized spacial score (nSPS) is 9.56. The smallest absolute Gasteiger partial charge is 0.255 e. The van der Waals surface area contributed by atoms with Crippen LogP contribution in [0.15, 0.2) is 42.6 Å². The molecule has 0 saturated carbocycles. The predicted molar refractivity (Wildman–Crippen MR) is 63.3 cm³/mol. The molecule has 0 radical (unpaired) electrons. The van der Waals surface area contributed by atoms with Crippen molar-refractivity contribution in [2.24, 2.45) is 0 Å². The lowest BCUT2D eigenvalue weighted by molar-refractivity contribution is 0.102. The molecule has 0 fully saturated rings. The summed E-state index contributed by atoms with van der Waals surface area (Å²) < 4.78 is 12.8. The minimum atomic E-state index is -0.706. The number of anilines is 1. The molecule has 88 valence electrons. The van der Waals surface area contributed by atoms with E-state index >= 15 is 0 Å². The number of nitriles is 1. The first-order chi connectivity index (χ1) is 8.69. The van der Waals surface area contributed by atoms with Gasteiger partial charge in [-0.25, -0.2) is 4.98 Å². The van der Waals surface area contributed by atoms with Crippen LogP contribution in [0.25, 0.3) is 0 Å². The van der Waals surface area contributed by atoms with Gasteiger partial charge in [-0.15, -0.1) is 0 Å². The number of nitrogens with one attached hydrogen (secondary N) is 1. The Balaban J connectivity index is 2.14. The van der Waals surface area contributed by atoms with Crippen molar-refractivity contribution in [3.05, 3.63) is 59.7 Å². The van der Waals surface area contributed by atoms with Gasteiger partial charge >= 0.3 is 0 Å². The first kappa shape index (κ1) is 11.7. The van der Waals surface area contributed by atoms with Gasteiger partial charge in [0.25, 0.3) is 5.91 Å². The number of hydrogen-bond acceptors (Lipinski definition) is 3. The highest BCUT2D eigenvalue weighted by Gasteiger charge is 2.07. The van der Waals surface area contributed by atoms with E-state index in [1.165, 1.54) is 12.3 Å². The Morgan fingerprint density at radius 3 is 2.61 bits per heavy atom. The van der Waals surface area contributed by atoms with Crippen molar-refractivity contribution in [3.8, 4) is 6.07 Å². The summed E-state index contributed by atoms with van der Waals surface area (Å²) in [5.74, 6) is -1.14. The Labute approximate surface area is 103 Å². The standard InChI is InChI=1S/C13H8FN3O/c14-12-7-10(5-6-16-12)13(18)17-11-3-1-9(8-15)2-4-11/h1-7H,(H,17,18). The second-order valence-corrected chi connectivity index (χ2v) is 3.51. The van der Waals surface area contributed by atoms with Crippen molar-refractivity contribution in [1.82, 2.24) is 4.98 Å². The highest BCUT2D eigenvalue weighted by atomic mass is 19.1. The third-order valence-corrected chi connectivity index (χ3v) is 2.26. The van der Waals surface area contributed by atoms with Crippen molar-refractivity contribution in [2.45, 2.75) is 0 Å². The molecular formula is C13H8FN3O. The van der Waals surface area contributed by atoms with Gasteiger partial charge in [0.1, 0.15) is 0 Å². The van der Waals surface area contributed by atoms with Gasteiger partial charge in [0.2, 0.25) is 5.95 Å². The lowest BCUT2D eigenvalue weighted by atomic mass is 10.2. The Hall–Kier alpha value is -2.74. The molecule has 1 N–H and O–H groups in total. The lowest BCUT2D eigenvalue weighted by Crippen LogP contribution is -2.12. The number of nitrogens with zero attached hydrogens (tertiary/aromatic N) is 2. The van der Waals surface area contributed by atoms with Crippen LogP contribution in [0.4, 0.5) is 10.1 Å². The highest BCUT2D eigenvalue weighted by molar-refractivity contribution is 6.04. The molecule has 0 aliphatic heterocycles. The zero-order valence-electron chi connectivity index (χ0n) is 9.22. The van der Waals surface area contributed by atoms with E-state index in [2.05, 4.69) is 10.3 Å². The number of benzene rings is 1. The van der Waals surface area contributed by atoms with Gasteiger partial charge in [0.15, 0.2) is 0 Å². The van der Waals surface area contributed by atoms with Gasteiger partial charge in [-0.2, -0.15) is 9.65 Å². The molecule has 1 heterocycles. The van der Waals surface area contributed by atoms with E-state index in [0.29, 0.717) is 11.3 Å². The molecule has 1 amide bonds. The van der Waals surface area contributed by atoms with Crippen molar-refractivity contribution in [2.75, 3.05) is 5.32 Å². The third kappa shape index (κ3) is 2.68. The molecule has 0 unspecified atom stereocenters. The van der Waals surface area contributed by atoms with E-state index in [1.54, 1.807) is 24.3 Å². The van der Waals surface area contributed by atoms with E-state index < -0.39 is 11.9 Å². The average molecular weight is 241 g/mol. The van der Waals surface area contributed by atoms with Crippen molar-refractivity contribution < 1.29 is 9.18 Å². The first-order valence-corrected chi connectivity index (χ1v) is 5.12. The fourth-order valence-electron chi connectivity index (χ4n) is 1.38. The second-order valence-electron chi connectivity index (χ2n) is 3.51. The minimum absolute atomic E-state index is 0.187. The molecule has 0 atom stereocenters. The summed E-state index contributed by atoms with van der Waals surface area (Å²) in [5.41, 5.74) is 1.23. The van der Waals surface area contributed by atoms with Crippen LogP contribution in [0, 0.1) is 17.3 Å². The van der Waals surface area contributed by atoms with Crippen molar-refractivity contribution in [3.63, 3.8) is 0 Å². The van der Waals surface area contributed by atoms with Crippen LogP contribution in [-0.4, -0.2) is 10.9 Å². The molecule has 18 heavy (non-hydrogen) atoms. The summed E-state index contributed by atoms with van der Waals surface area (Å²) in [4.78, 5) is 15.1. The van der Waals surface area contributed by atoms with Crippen LogP contribution in [0.5, 0.6) is 0 Å². The molecule has 1 aromatic carbocycles. The van der Waals surface area contributed by atoms with Gasteiger partial charge in [0, 0.05) is 23.5 Å². The summed E-state index contributed by atoms with van der Waals surface area (Å²) in [5, 5.41) is 11.2. The van der Waals surface area contributed by atoms with Crippen LogP contribution in [0.2, 0.25) is 0 Å². The number of aromatic nitrogens is 1. The summed E-state index contributed by atoms with van der Waals surface area (Å²) in [7, 11) is 0. The molecule has 2 aromatic rings. The molecular weight excluding hydrogens is 233 g/mol. The number of rotatable bonds is 2. The topological polar surface area (TPSA) is 65.8 Å². The quantitative estimate of drug-likeness (QED) is 0.820. The second kappa shape index (κ2) is 5.06. The maximum atomic E-state index is 12.8. The van der Waals surface area contributed by atoms with Gasteiger partial charge in [-0.05, 0) is 30.3 Å². The predicted octanol–water partition coefficient (Wildman–Crippen LogP) is 2.34. The van der Waals surface area contributed by atoms with E-state index in [4.69, 9.17) is 5.26 Å². The SMILES string of the molecule is N#Cc1ccc(NC(=O)c2ccnc(F)c2)cc1.